The van der Waals surface area contributed by atoms with Gasteiger partial charge in [0, 0.05) is 24.8 Å². The smallest absolute Gasteiger partial charge is 0.157 e. The lowest BCUT2D eigenvalue weighted by atomic mass is 10.4. The summed E-state index contributed by atoms with van der Waals surface area (Å²) in [5.74, 6) is 0.773. The van der Waals surface area contributed by atoms with Crippen molar-refractivity contribution in [3.8, 4) is 5.75 Å². The van der Waals surface area contributed by atoms with Crippen LogP contribution in [0.2, 0.25) is 0 Å². The molecule has 0 radical (unpaired) electrons. The Bertz CT molecular complexity index is 503. The summed E-state index contributed by atoms with van der Waals surface area (Å²) in [5, 5.41) is 8.40. The maximum absolute atomic E-state index is 5.65. The van der Waals surface area contributed by atoms with Crippen molar-refractivity contribution in [2.45, 2.75) is 26.5 Å². The van der Waals surface area contributed by atoms with Crippen molar-refractivity contribution in [3.63, 3.8) is 0 Å². The number of hydrogen-bond acceptors (Lipinski definition) is 3. The van der Waals surface area contributed by atoms with E-state index in [4.69, 9.17) is 4.74 Å². The Morgan fingerprint density at radius 2 is 2.18 bits per heavy atom. The molecule has 0 aromatic carbocycles. The molecule has 17 heavy (non-hydrogen) atoms. The zero-order chi connectivity index (χ0) is 12.4. The summed E-state index contributed by atoms with van der Waals surface area (Å²) < 4.78 is 10.1. The van der Waals surface area contributed by atoms with E-state index in [0.717, 1.165) is 15.9 Å². The minimum absolute atomic E-state index is 0.345. The van der Waals surface area contributed by atoms with Gasteiger partial charge in [-0.3, -0.25) is 9.36 Å². The van der Waals surface area contributed by atoms with Gasteiger partial charge in [-0.1, -0.05) is 0 Å². The van der Waals surface area contributed by atoms with E-state index in [1.54, 1.807) is 10.9 Å². The van der Waals surface area contributed by atoms with E-state index in [-0.39, 0.29) is 0 Å². The average molecular weight is 299 g/mol. The Labute approximate surface area is 109 Å². The molecule has 0 bridgehead atoms. The highest BCUT2D eigenvalue weighted by molar-refractivity contribution is 9.10. The minimum atomic E-state index is 0.345. The van der Waals surface area contributed by atoms with Gasteiger partial charge in [0.15, 0.2) is 5.75 Å². The first-order valence-corrected chi connectivity index (χ1v) is 6.20. The maximum atomic E-state index is 5.65. The van der Waals surface area contributed by atoms with Crippen LogP contribution in [0.1, 0.15) is 25.5 Å². The van der Waals surface area contributed by atoms with Crippen molar-refractivity contribution in [2.24, 2.45) is 7.05 Å². The minimum Gasteiger partial charge on any atom is -0.485 e. The summed E-state index contributed by atoms with van der Waals surface area (Å²) in [6.07, 6.45) is 5.55. The zero-order valence-corrected chi connectivity index (χ0v) is 11.7. The molecule has 2 aromatic rings. The fourth-order valence-electron chi connectivity index (χ4n) is 1.45. The van der Waals surface area contributed by atoms with E-state index in [9.17, 15) is 0 Å². The van der Waals surface area contributed by atoms with Crippen LogP contribution < -0.4 is 4.74 Å². The number of aryl methyl sites for hydroxylation is 1. The van der Waals surface area contributed by atoms with Crippen LogP contribution in [0.15, 0.2) is 23.2 Å². The van der Waals surface area contributed by atoms with E-state index in [2.05, 4.69) is 40.0 Å². The quantitative estimate of drug-likeness (QED) is 0.871. The largest absolute Gasteiger partial charge is 0.485 e. The highest BCUT2D eigenvalue weighted by Gasteiger charge is 2.07. The standard InChI is InChI=1S/C11H15BrN4O/c1-8(2)16-6-10(4-13-16)17-7-9-5-15(3)14-11(9)12/h4-6,8H,7H2,1-3H3. The summed E-state index contributed by atoms with van der Waals surface area (Å²) in [4.78, 5) is 0. The number of aromatic nitrogens is 4. The Kier molecular flexibility index (Phi) is 3.51. The fraction of sp³-hybridized carbons (Fsp3) is 0.455. The van der Waals surface area contributed by atoms with Crippen molar-refractivity contribution in [3.05, 3.63) is 28.8 Å². The zero-order valence-electron chi connectivity index (χ0n) is 10.1. The molecule has 2 rings (SSSR count). The predicted octanol–water partition coefficient (Wildman–Crippen LogP) is 2.54. The molecular weight excluding hydrogens is 284 g/mol. The molecule has 0 atom stereocenters. The molecule has 0 aliphatic heterocycles. The summed E-state index contributed by atoms with van der Waals surface area (Å²) in [6.45, 7) is 4.64. The Morgan fingerprint density at radius 1 is 1.41 bits per heavy atom. The molecule has 0 N–H and O–H groups in total. The van der Waals surface area contributed by atoms with E-state index in [0.29, 0.717) is 12.6 Å². The molecule has 0 aliphatic rings. The van der Waals surface area contributed by atoms with Gasteiger partial charge in [-0.25, -0.2) is 0 Å². The van der Waals surface area contributed by atoms with Crippen LogP contribution in [0.3, 0.4) is 0 Å². The molecular formula is C11H15BrN4O. The molecule has 0 amide bonds. The third kappa shape index (κ3) is 2.88. The van der Waals surface area contributed by atoms with Gasteiger partial charge in [-0.15, -0.1) is 0 Å². The molecule has 92 valence electrons. The second kappa shape index (κ2) is 4.91. The van der Waals surface area contributed by atoms with Gasteiger partial charge in [0.05, 0.1) is 12.4 Å². The van der Waals surface area contributed by atoms with Crippen LogP contribution >= 0.6 is 15.9 Å². The molecule has 0 unspecified atom stereocenters. The first kappa shape index (κ1) is 12.2. The molecule has 0 saturated heterocycles. The van der Waals surface area contributed by atoms with Crippen molar-refractivity contribution >= 4 is 15.9 Å². The van der Waals surface area contributed by atoms with E-state index < -0.39 is 0 Å². The Balaban J connectivity index is 2.00. The Hall–Kier alpha value is -1.30. The lowest BCUT2D eigenvalue weighted by molar-refractivity contribution is 0.304. The maximum Gasteiger partial charge on any atom is 0.157 e. The third-order valence-corrected chi connectivity index (χ3v) is 3.02. The summed E-state index contributed by atoms with van der Waals surface area (Å²) in [5.41, 5.74) is 1.02. The van der Waals surface area contributed by atoms with Crippen LogP contribution in [0.4, 0.5) is 0 Å². The third-order valence-electron chi connectivity index (χ3n) is 2.35. The van der Waals surface area contributed by atoms with Crippen LogP contribution in [-0.2, 0) is 13.7 Å². The summed E-state index contributed by atoms with van der Waals surface area (Å²) in [6, 6.07) is 0.345. The van der Waals surface area contributed by atoms with Crippen molar-refractivity contribution in [1.29, 1.82) is 0 Å². The molecule has 6 heteroatoms. The highest BCUT2D eigenvalue weighted by atomic mass is 79.9. The lowest BCUT2D eigenvalue weighted by Crippen LogP contribution is -2.00. The van der Waals surface area contributed by atoms with Gasteiger partial charge in [-0.2, -0.15) is 10.2 Å². The van der Waals surface area contributed by atoms with Gasteiger partial charge in [0.1, 0.15) is 11.2 Å². The molecule has 2 heterocycles. The van der Waals surface area contributed by atoms with Gasteiger partial charge in [0.2, 0.25) is 0 Å². The lowest BCUT2D eigenvalue weighted by Gasteiger charge is -2.03. The van der Waals surface area contributed by atoms with Gasteiger partial charge >= 0.3 is 0 Å². The Morgan fingerprint density at radius 3 is 2.71 bits per heavy atom. The van der Waals surface area contributed by atoms with Crippen molar-refractivity contribution in [2.75, 3.05) is 0 Å². The second-order valence-corrected chi connectivity index (χ2v) is 4.91. The number of ether oxygens (including phenoxy) is 1. The molecule has 0 aliphatic carbocycles. The average Bonchev–Trinajstić information content (AvgIpc) is 2.82. The van der Waals surface area contributed by atoms with E-state index in [1.165, 1.54) is 0 Å². The molecule has 0 fully saturated rings. The first-order chi connectivity index (χ1) is 8.06. The highest BCUT2D eigenvalue weighted by Crippen LogP contribution is 2.18. The number of hydrogen-bond donors (Lipinski definition) is 0. The SMILES string of the molecule is CC(C)n1cc(OCc2cn(C)nc2Br)cn1. The van der Waals surface area contributed by atoms with Gasteiger partial charge < -0.3 is 4.74 Å². The number of rotatable bonds is 4. The monoisotopic (exact) mass is 298 g/mol. The first-order valence-electron chi connectivity index (χ1n) is 5.41. The molecule has 0 saturated carbocycles. The van der Waals surface area contributed by atoms with Crippen LogP contribution in [0.5, 0.6) is 5.75 Å². The number of nitrogens with zero attached hydrogens (tertiary/aromatic N) is 4. The normalized spacial score (nSPS) is 11.1. The van der Waals surface area contributed by atoms with E-state index in [1.807, 2.05) is 24.1 Å². The van der Waals surface area contributed by atoms with Gasteiger partial charge in [0.25, 0.3) is 0 Å². The topological polar surface area (TPSA) is 44.9 Å². The fourth-order valence-corrected chi connectivity index (χ4v) is 1.91. The summed E-state index contributed by atoms with van der Waals surface area (Å²) >= 11 is 3.39. The molecule has 2 aromatic heterocycles. The van der Waals surface area contributed by atoms with Crippen molar-refractivity contribution < 1.29 is 4.74 Å². The summed E-state index contributed by atoms with van der Waals surface area (Å²) in [7, 11) is 1.88. The molecule has 5 nitrogen and oxygen atoms in total. The second-order valence-electron chi connectivity index (χ2n) is 4.16. The van der Waals surface area contributed by atoms with E-state index >= 15 is 0 Å². The molecule has 0 spiro atoms. The van der Waals surface area contributed by atoms with Crippen LogP contribution in [-0.4, -0.2) is 19.6 Å². The van der Waals surface area contributed by atoms with Crippen LogP contribution in [0, 0.1) is 0 Å². The number of halogens is 1. The van der Waals surface area contributed by atoms with Crippen molar-refractivity contribution in [1.82, 2.24) is 19.6 Å². The van der Waals surface area contributed by atoms with Crippen LogP contribution in [0.25, 0.3) is 0 Å². The predicted molar refractivity (Wildman–Crippen MR) is 67.9 cm³/mol. The van der Waals surface area contributed by atoms with Gasteiger partial charge in [-0.05, 0) is 29.8 Å².